The molecule has 10 heavy (non-hydrogen) atoms. The Morgan fingerprint density at radius 3 is 0.900 bits per heavy atom. The average molecular weight is 237 g/mol. The van der Waals surface area contributed by atoms with Gasteiger partial charge in [-0.3, -0.25) is 0 Å². The number of hydrogen-bond donors (Lipinski definition) is 0. The van der Waals surface area contributed by atoms with Crippen LogP contribution in [0.25, 0.3) is 0 Å². The molecule has 0 N–H and O–H groups in total. The zero-order chi connectivity index (χ0) is 7.71. The van der Waals surface area contributed by atoms with E-state index in [2.05, 4.69) is 0 Å². The van der Waals surface area contributed by atoms with E-state index in [1.165, 1.54) is 0 Å². The Balaban J connectivity index is 0. The first-order chi connectivity index (χ1) is 3.71. The van der Waals surface area contributed by atoms with Crippen molar-refractivity contribution in [3.8, 4) is 0 Å². The van der Waals surface area contributed by atoms with Gasteiger partial charge in [0.15, 0.2) is 0 Å². The molecule has 0 fully saturated rings. The molecule has 0 atom stereocenters. The smallest absolute Gasteiger partial charge is 0.154 e. The van der Waals surface area contributed by atoms with Crippen molar-refractivity contribution >= 4 is 0 Å². The molecule has 0 bridgehead atoms. The third-order valence-electron chi connectivity index (χ3n) is 0.254. The Bertz CT molecular complexity index is 80.9. The summed E-state index contributed by atoms with van der Waals surface area (Å²) in [4.78, 5) is 0. The SMILES string of the molecule is FC(F)(F)[N]C(F)(F)F.[Rb+]. The summed E-state index contributed by atoms with van der Waals surface area (Å²) in [6.45, 7) is 0. The molecule has 0 aromatic heterocycles. The third-order valence-corrected chi connectivity index (χ3v) is 0.254. The topological polar surface area (TPSA) is 14.1 Å². The second kappa shape index (κ2) is 4.39. The van der Waals surface area contributed by atoms with E-state index in [1.54, 1.807) is 0 Å². The second-order valence-electron chi connectivity index (χ2n) is 1.05. The van der Waals surface area contributed by atoms with Gasteiger partial charge >= 0.3 is 70.8 Å². The minimum absolute atomic E-state index is 0. The van der Waals surface area contributed by atoms with Crippen LogP contribution in [0.3, 0.4) is 0 Å². The average Bonchev–Trinajstić information content (AvgIpc) is 1.14. The van der Waals surface area contributed by atoms with Crippen LogP contribution in [0.5, 0.6) is 0 Å². The van der Waals surface area contributed by atoms with Gasteiger partial charge in [0.2, 0.25) is 0 Å². The maximum Gasteiger partial charge on any atom is 1.00 e. The van der Waals surface area contributed by atoms with Gasteiger partial charge in [-0.25, -0.2) is 0 Å². The van der Waals surface area contributed by atoms with Crippen LogP contribution in [0.1, 0.15) is 0 Å². The Morgan fingerprint density at radius 1 is 0.700 bits per heavy atom. The first-order valence-corrected chi connectivity index (χ1v) is 1.58. The zero-order valence-corrected chi connectivity index (χ0v) is 9.63. The van der Waals surface area contributed by atoms with Crippen molar-refractivity contribution in [3.05, 3.63) is 0 Å². The zero-order valence-electron chi connectivity index (χ0n) is 4.72. The number of hydrogen-bond acceptors (Lipinski definition) is 0. The number of halogens is 6. The van der Waals surface area contributed by atoms with Crippen molar-refractivity contribution in [1.29, 1.82) is 0 Å². The van der Waals surface area contributed by atoms with Crippen LogP contribution in [0.4, 0.5) is 26.3 Å². The molecule has 0 rings (SSSR count). The van der Waals surface area contributed by atoms with E-state index in [1.807, 2.05) is 0 Å². The van der Waals surface area contributed by atoms with Gasteiger partial charge in [0, 0.05) is 0 Å². The molecular weight excluding hydrogens is 237 g/mol. The molecule has 0 aromatic rings. The first kappa shape index (κ1) is 13.9. The van der Waals surface area contributed by atoms with Gasteiger partial charge in [0.05, 0.1) is 0 Å². The summed E-state index contributed by atoms with van der Waals surface area (Å²) in [6.07, 6.45) is -11.0. The summed E-state index contributed by atoms with van der Waals surface area (Å²) < 4.78 is 64.0. The van der Waals surface area contributed by atoms with Crippen LogP contribution < -0.4 is 63.5 Å². The van der Waals surface area contributed by atoms with Crippen LogP contribution in [0.15, 0.2) is 0 Å². The van der Waals surface area contributed by atoms with Crippen LogP contribution in [-0.4, -0.2) is 12.6 Å². The standard InChI is InChI=1S/C2F6N.Rb/c3-1(4,5)9-2(6,7)8;/q;+1. The summed E-state index contributed by atoms with van der Waals surface area (Å²) >= 11 is 0. The monoisotopic (exact) mass is 237 g/mol. The summed E-state index contributed by atoms with van der Waals surface area (Å²) in [5, 5.41) is 0.542. The molecule has 0 aliphatic carbocycles. The van der Waals surface area contributed by atoms with E-state index in [0.717, 1.165) is 0 Å². The molecule has 0 aromatic carbocycles. The molecule has 0 amide bonds. The molecule has 8 heteroatoms. The van der Waals surface area contributed by atoms with Gasteiger partial charge in [0.1, 0.15) is 0 Å². The normalized spacial score (nSPS) is 12.6. The molecule has 0 saturated heterocycles. The fourth-order valence-corrected chi connectivity index (χ4v) is 0.144. The Labute approximate surface area is 101 Å². The van der Waals surface area contributed by atoms with Crippen molar-refractivity contribution in [2.75, 3.05) is 0 Å². The molecule has 1 nitrogen and oxygen atoms in total. The minimum atomic E-state index is -5.52. The molecule has 1 radical (unpaired) electrons. The fourth-order valence-electron chi connectivity index (χ4n) is 0.144. The summed E-state index contributed by atoms with van der Waals surface area (Å²) in [5.74, 6) is 0. The van der Waals surface area contributed by atoms with Crippen molar-refractivity contribution in [1.82, 2.24) is 5.32 Å². The first-order valence-electron chi connectivity index (χ1n) is 1.58. The summed E-state index contributed by atoms with van der Waals surface area (Å²) in [7, 11) is 0. The van der Waals surface area contributed by atoms with E-state index in [-0.39, 0.29) is 58.2 Å². The molecule has 0 heterocycles. The molecule has 0 aliphatic rings. The van der Waals surface area contributed by atoms with Gasteiger partial charge < -0.3 is 0 Å². The molecule has 0 aliphatic heterocycles. The largest absolute Gasteiger partial charge is 1.00 e. The van der Waals surface area contributed by atoms with E-state index < -0.39 is 12.6 Å². The Hall–Kier alpha value is 1.35. The van der Waals surface area contributed by atoms with E-state index in [9.17, 15) is 26.3 Å². The predicted octanol–water partition coefficient (Wildman–Crippen LogP) is -1.37. The van der Waals surface area contributed by atoms with E-state index in [4.69, 9.17) is 0 Å². The van der Waals surface area contributed by atoms with Gasteiger partial charge in [-0.1, -0.05) is 0 Å². The van der Waals surface area contributed by atoms with Crippen molar-refractivity contribution in [2.24, 2.45) is 0 Å². The number of alkyl halides is 6. The molecule has 0 unspecified atom stereocenters. The maximum absolute atomic E-state index is 10.7. The van der Waals surface area contributed by atoms with Crippen molar-refractivity contribution in [3.63, 3.8) is 0 Å². The van der Waals surface area contributed by atoms with Crippen LogP contribution in [-0.2, 0) is 0 Å². The molecule has 55 valence electrons. The molecule has 0 spiro atoms. The van der Waals surface area contributed by atoms with Crippen LogP contribution in [0.2, 0.25) is 0 Å². The number of rotatable bonds is 0. The fraction of sp³-hybridized carbons (Fsp3) is 1.00. The van der Waals surface area contributed by atoms with Crippen molar-refractivity contribution in [2.45, 2.75) is 12.6 Å². The van der Waals surface area contributed by atoms with Gasteiger partial charge in [0.25, 0.3) is 0 Å². The number of nitrogens with zero attached hydrogens (tertiary/aromatic N) is 1. The minimum Gasteiger partial charge on any atom is -0.154 e. The summed E-state index contributed by atoms with van der Waals surface area (Å²) in [6, 6.07) is 0. The molecular formula is C2F6NRb+. The third kappa shape index (κ3) is 12.1. The summed E-state index contributed by atoms with van der Waals surface area (Å²) in [5.41, 5.74) is 0. The predicted molar refractivity (Wildman–Crippen MR) is 14.2 cm³/mol. The second-order valence-corrected chi connectivity index (χ2v) is 1.05. The Kier molecular flexibility index (Phi) is 6.10. The van der Waals surface area contributed by atoms with Gasteiger partial charge in [-0.2, -0.15) is 26.3 Å². The van der Waals surface area contributed by atoms with Crippen LogP contribution in [0, 0.1) is 0 Å². The van der Waals surface area contributed by atoms with Gasteiger partial charge in [-0.15, -0.1) is 0 Å². The van der Waals surface area contributed by atoms with Crippen molar-refractivity contribution < 1.29 is 84.5 Å². The quantitative estimate of drug-likeness (QED) is 0.365. The molecule has 0 saturated carbocycles. The van der Waals surface area contributed by atoms with E-state index >= 15 is 0 Å². The van der Waals surface area contributed by atoms with Crippen LogP contribution >= 0.6 is 0 Å². The maximum atomic E-state index is 10.7. The van der Waals surface area contributed by atoms with E-state index in [0.29, 0.717) is 5.32 Å². The Morgan fingerprint density at radius 2 is 0.900 bits per heavy atom. The van der Waals surface area contributed by atoms with Gasteiger partial charge in [-0.05, 0) is 5.32 Å².